The van der Waals surface area contributed by atoms with Crippen LogP contribution in [0.2, 0.25) is 0 Å². The van der Waals surface area contributed by atoms with Crippen molar-refractivity contribution >= 4 is 23.2 Å². The molecule has 2 aromatic rings. The van der Waals surface area contributed by atoms with Gasteiger partial charge in [-0.05, 0) is 42.8 Å². The monoisotopic (exact) mass is 347 g/mol. The van der Waals surface area contributed by atoms with Gasteiger partial charge in [0.2, 0.25) is 5.91 Å². The molecule has 24 heavy (non-hydrogen) atoms. The molecule has 1 amide bonds. The molecule has 0 saturated heterocycles. The Morgan fingerprint density at radius 2 is 2.04 bits per heavy atom. The third-order valence-corrected chi connectivity index (χ3v) is 5.40. The van der Waals surface area contributed by atoms with E-state index in [0.29, 0.717) is 25.9 Å². The Hall–Kier alpha value is -2.08. The Bertz CT molecular complexity index is 629. The fraction of sp³-hybridized carbons (Fsp3) is 0.444. The molecular weight excluding hydrogens is 326 g/mol. The minimum Gasteiger partial charge on any atom is -0.481 e. The Morgan fingerprint density at radius 1 is 1.21 bits per heavy atom. The highest BCUT2D eigenvalue weighted by Gasteiger charge is 2.33. The van der Waals surface area contributed by atoms with Gasteiger partial charge in [-0.3, -0.25) is 9.59 Å². The molecule has 0 aliphatic heterocycles. The lowest BCUT2D eigenvalue weighted by Crippen LogP contribution is -2.38. The van der Waals surface area contributed by atoms with Gasteiger partial charge >= 0.3 is 5.97 Å². The molecule has 0 bridgehead atoms. The Kier molecular flexibility index (Phi) is 5.35. The average molecular weight is 347 g/mol. The second-order valence-corrected chi connectivity index (χ2v) is 7.28. The molecule has 2 aromatic heterocycles. The fourth-order valence-corrected chi connectivity index (χ4v) is 4.01. The normalized spacial score (nSPS) is 20.7. The summed E-state index contributed by atoms with van der Waals surface area (Å²) in [5.41, 5.74) is 0. The van der Waals surface area contributed by atoms with Crippen molar-refractivity contribution in [1.29, 1.82) is 0 Å². The second-order valence-electron chi connectivity index (χ2n) is 6.25. The number of carbonyl (C=O) groups is 2. The summed E-state index contributed by atoms with van der Waals surface area (Å²) in [4.78, 5) is 27.2. The van der Waals surface area contributed by atoms with E-state index >= 15 is 0 Å². The van der Waals surface area contributed by atoms with E-state index in [1.165, 1.54) is 0 Å². The average Bonchev–Trinajstić information content (AvgIpc) is 3.27. The second kappa shape index (κ2) is 7.66. The molecule has 128 valence electrons. The Morgan fingerprint density at radius 3 is 2.71 bits per heavy atom. The summed E-state index contributed by atoms with van der Waals surface area (Å²) < 4.78 is 5.40. The third-order valence-electron chi connectivity index (χ3n) is 4.54. The first kappa shape index (κ1) is 16.8. The standard InChI is InChI=1S/C18H21NO4S/c20-17(13-4-1-5-14(10-13)18(21)22)19(11-15-6-2-8-23-15)12-16-7-3-9-24-16/h2-3,6-9,13-14H,1,4-5,10-12H2,(H,21,22)/t13-,14+/m1/s1. The minimum absolute atomic E-state index is 0.0331. The number of aliphatic carboxylic acids is 1. The van der Waals surface area contributed by atoms with Crippen LogP contribution in [0.1, 0.15) is 36.3 Å². The Labute approximate surface area is 144 Å². The molecule has 2 heterocycles. The number of thiophene rings is 1. The maximum Gasteiger partial charge on any atom is 0.306 e. The van der Waals surface area contributed by atoms with E-state index in [1.54, 1.807) is 22.5 Å². The van der Waals surface area contributed by atoms with Crippen LogP contribution in [0.4, 0.5) is 0 Å². The van der Waals surface area contributed by atoms with Crippen molar-refractivity contribution in [1.82, 2.24) is 4.90 Å². The first-order valence-corrected chi connectivity index (χ1v) is 9.08. The van der Waals surface area contributed by atoms with Crippen molar-refractivity contribution in [2.24, 2.45) is 11.8 Å². The lowest BCUT2D eigenvalue weighted by atomic mass is 9.80. The van der Waals surface area contributed by atoms with Gasteiger partial charge in [-0.15, -0.1) is 11.3 Å². The van der Waals surface area contributed by atoms with E-state index in [0.717, 1.165) is 23.5 Å². The summed E-state index contributed by atoms with van der Waals surface area (Å²) in [5, 5.41) is 11.2. The van der Waals surface area contributed by atoms with Crippen molar-refractivity contribution < 1.29 is 19.1 Å². The largest absolute Gasteiger partial charge is 0.481 e. The number of amides is 1. The minimum atomic E-state index is -0.789. The zero-order valence-electron chi connectivity index (χ0n) is 13.4. The van der Waals surface area contributed by atoms with E-state index in [1.807, 2.05) is 29.6 Å². The first-order chi connectivity index (χ1) is 11.6. The van der Waals surface area contributed by atoms with Crippen LogP contribution in [0.5, 0.6) is 0 Å². The molecule has 2 atom stereocenters. The summed E-state index contributed by atoms with van der Waals surface area (Å²) in [6, 6.07) is 7.64. The maximum absolute atomic E-state index is 13.0. The maximum atomic E-state index is 13.0. The lowest BCUT2D eigenvalue weighted by Gasteiger charge is -2.31. The fourth-order valence-electron chi connectivity index (χ4n) is 3.29. The number of carbonyl (C=O) groups excluding carboxylic acids is 1. The summed E-state index contributed by atoms with van der Waals surface area (Å²) in [6.07, 6.45) is 4.27. The lowest BCUT2D eigenvalue weighted by molar-refractivity contribution is -0.146. The van der Waals surface area contributed by atoms with Gasteiger partial charge in [0.25, 0.3) is 0 Å². The van der Waals surface area contributed by atoms with Crippen molar-refractivity contribution in [2.75, 3.05) is 0 Å². The number of rotatable bonds is 6. The van der Waals surface area contributed by atoms with Crippen LogP contribution in [0.3, 0.4) is 0 Å². The number of carboxylic acid groups (broad SMARTS) is 1. The molecule has 1 saturated carbocycles. The SMILES string of the molecule is O=C(O)[C@H]1CCC[C@@H](C(=O)N(Cc2ccco2)Cc2cccs2)C1. The highest BCUT2D eigenvalue weighted by Crippen LogP contribution is 2.31. The van der Waals surface area contributed by atoms with Crippen LogP contribution >= 0.6 is 11.3 Å². The molecule has 0 spiro atoms. The molecule has 0 radical (unpaired) electrons. The van der Waals surface area contributed by atoms with Crippen molar-refractivity contribution in [3.05, 3.63) is 46.5 Å². The molecule has 6 heteroatoms. The van der Waals surface area contributed by atoms with Crippen molar-refractivity contribution in [3.8, 4) is 0 Å². The van der Waals surface area contributed by atoms with Crippen LogP contribution < -0.4 is 0 Å². The molecule has 1 fully saturated rings. The number of nitrogens with zero attached hydrogens (tertiary/aromatic N) is 1. The number of hydrogen-bond acceptors (Lipinski definition) is 4. The topological polar surface area (TPSA) is 70.8 Å². The number of hydrogen-bond donors (Lipinski definition) is 1. The molecule has 0 unspecified atom stereocenters. The number of carboxylic acids is 1. The molecule has 3 rings (SSSR count). The smallest absolute Gasteiger partial charge is 0.306 e. The molecular formula is C18H21NO4S. The molecule has 1 aliphatic rings. The van der Waals surface area contributed by atoms with E-state index in [9.17, 15) is 14.7 Å². The zero-order chi connectivity index (χ0) is 16.9. The summed E-state index contributed by atoms with van der Waals surface area (Å²) in [5.74, 6) is -0.630. The van der Waals surface area contributed by atoms with Crippen LogP contribution in [0.15, 0.2) is 40.3 Å². The third kappa shape index (κ3) is 4.06. The van der Waals surface area contributed by atoms with Crippen molar-refractivity contribution in [2.45, 2.75) is 38.8 Å². The summed E-state index contributed by atoms with van der Waals surface area (Å²) in [6.45, 7) is 0.948. The van der Waals surface area contributed by atoms with E-state index in [-0.39, 0.29) is 11.8 Å². The predicted molar refractivity (Wildman–Crippen MR) is 90.4 cm³/mol. The van der Waals surface area contributed by atoms with Gasteiger partial charge in [-0.25, -0.2) is 0 Å². The number of furan rings is 1. The van der Waals surface area contributed by atoms with E-state index < -0.39 is 11.9 Å². The molecule has 0 aromatic carbocycles. The van der Waals surface area contributed by atoms with Gasteiger partial charge in [-0.2, -0.15) is 0 Å². The predicted octanol–water partition coefficient (Wildman–Crippen LogP) is 3.76. The highest BCUT2D eigenvalue weighted by molar-refractivity contribution is 7.09. The van der Waals surface area contributed by atoms with Crippen LogP contribution in [0.25, 0.3) is 0 Å². The van der Waals surface area contributed by atoms with Gasteiger partial charge in [0.1, 0.15) is 5.76 Å². The van der Waals surface area contributed by atoms with Gasteiger partial charge in [-0.1, -0.05) is 12.5 Å². The summed E-state index contributed by atoms with van der Waals surface area (Å²) in [7, 11) is 0. The van der Waals surface area contributed by atoms with Gasteiger partial charge < -0.3 is 14.4 Å². The molecule has 1 N–H and O–H groups in total. The van der Waals surface area contributed by atoms with Crippen LogP contribution in [-0.4, -0.2) is 21.9 Å². The zero-order valence-corrected chi connectivity index (χ0v) is 14.2. The molecule has 1 aliphatic carbocycles. The van der Waals surface area contributed by atoms with Gasteiger partial charge in [0, 0.05) is 10.8 Å². The van der Waals surface area contributed by atoms with Crippen LogP contribution in [-0.2, 0) is 22.7 Å². The first-order valence-electron chi connectivity index (χ1n) is 8.20. The van der Waals surface area contributed by atoms with Gasteiger partial charge in [0.05, 0.1) is 25.3 Å². The summed E-state index contributed by atoms with van der Waals surface area (Å²) >= 11 is 1.61. The van der Waals surface area contributed by atoms with Crippen molar-refractivity contribution in [3.63, 3.8) is 0 Å². The highest BCUT2D eigenvalue weighted by atomic mass is 32.1. The Balaban J connectivity index is 1.73. The quantitative estimate of drug-likeness (QED) is 0.864. The van der Waals surface area contributed by atoms with E-state index in [2.05, 4.69) is 0 Å². The van der Waals surface area contributed by atoms with Crippen LogP contribution in [0, 0.1) is 11.8 Å². The van der Waals surface area contributed by atoms with Gasteiger partial charge in [0.15, 0.2) is 0 Å². The molecule has 5 nitrogen and oxygen atoms in total. The van der Waals surface area contributed by atoms with E-state index in [4.69, 9.17) is 4.42 Å².